The van der Waals surface area contributed by atoms with Crippen molar-refractivity contribution in [1.82, 2.24) is 29.7 Å². The lowest BCUT2D eigenvalue weighted by Gasteiger charge is -2.11. The van der Waals surface area contributed by atoms with Gasteiger partial charge in [0.05, 0.1) is 0 Å². The maximum atomic E-state index is 12.7. The van der Waals surface area contributed by atoms with Crippen molar-refractivity contribution in [2.45, 2.75) is 19.9 Å². The van der Waals surface area contributed by atoms with E-state index in [9.17, 15) is 4.79 Å². The van der Waals surface area contributed by atoms with Crippen molar-refractivity contribution in [2.24, 2.45) is 0 Å². The molecule has 0 aliphatic carbocycles. The minimum Gasteiger partial charge on any atom is -0.345 e. The first-order chi connectivity index (χ1) is 13.6. The molecule has 0 fully saturated rings. The van der Waals surface area contributed by atoms with Gasteiger partial charge in [0.1, 0.15) is 23.7 Å². The molecule has 0 radical (unpaired) electrons. The summed E-state index contributed by atoms with van der Waals surface area (Å²) in [7, 11) is 0. The van der Waals surface area contributed by atoms with E-state index in [4.69, 9.17) is 0 Å². The van der Waals surface area contributed by atoms with Gasteiger partial charge in [0.15, 0.2) is 5.82 Å². The van der Waals surface area contributed by atoms with Crippen molar-refractivity contribution in [1.29, 1.82) is 0 Å². The number of aromatic amines is 1. The minimum absolute atomic E-state index is 0.203. The second-order valence-corrected chi connectivity index (χ2v) is 6.54. The molecule has 8 heteroatoms. The molecule has 0 atom stereocenters. The third-order valence-corrected chi connectivity index (χ3v) is 4.25. The number of anilines is 1. The standard InChI is InChI=1S/C20H19N7O/c1-13(2)27-12-23-26-19(27)16-7-4-8-17(24-16)25-20(28)15-6-3-5-14(11-15)18-21-9-10-22-18/h3-13H,1-2H3,(H,21,22)(H,24,25,28). The Hall–Kier alpha value is -3.81. The Morgan fingerprint density at radius 1 is 1.18 bits per heavy atom. The van der Waals surface area contributed by atoms with E-state index < -0.39 is 0 Å². The van der Waals surface area contributed by atoms with Crippen molar-refractivity contribution in [3.8, 4) is 22.9 Å². The van der Waals surface area contributed by atoms with Crippen LogP contribution in [0.3, 0.4) is 0 Å². The van der Waals surface area contributed by atoms with Crippen molar-refractivity contribution < 1.29 is 4.79 Å². The van der Waals surface area contributed by atoms with Gasteiger partial charge in [-0.15, -0.1) is 10.2 Å². The van der Waals surface area contributed by atoms with Crippen molar-refractivity contribution in [2.75, 3.05) is 5.32 Å². The number of benzene rings is 1. The summed E-state index contributed by atoms with van der Waals surface area (Å²) < 4.78 is 1.93. The molecule has 28 heavy (non-hydrogen) atoms. The molecule has 1 amide bonds. The highest BCUT2D eigenvalue weighted by Gasteiger charge is 2.13. The normalized spacial score (nSPS) is 11.0. The summed E-state index contributed by atoms with van der Waals surface area (Å²) in [5.74, 6) is 1.57. The summed E-state index contributed by atoms with van der Waals surface area (Å²) in [4.78, 5) is 24.5. The molecule has 0 unspecified atom stereocenters. The molecule has 3 heterocycles. The summed E-state index contributed by atoms with van der Waals surface area (Å²) in [6, 6.07) is 12.9. The summed E-state index contributed by atoms with van der Waals surface area (Å²) in [6.07, 6.45) is 5.09. The molecule has 0 aliphatic rings. The Bertz CT molecular complexity index is 1100. The number of imidazole rings is 1. The molecule has 0 saturated heterocycles. The van der Waals surface area contributed by atoms with Crippen LogP contribution in [-0.2, 0) is 0 Å². The van der Waals surface area contributed by atoms with Crippen LogP contribution in [-0.4, -0.2) is 35.6 Å². The van der Waals surface area contributed by atoms with E-state index in [0.717, 1.165) is 5.56 Å². The molecular formula is C20H19N7O. The van der Waals surface area contributed by atoms with Crippen LogP contribution < -0.4 is 5.32 Å². The maximum absolute atomic E-state index is 12.7. The number of aromatic nitrogens is 6. The average molecular weight is 373 g/mol. The zero-order valence-electron chi connectivity index (χ0n) is 15.5. The van der Waals surface area contributed by atoms with E-state index in [-0.39, 0.29) is 11.9 Å². The Balaban J connectivity index is 1.57. The molecule has 4 aromatic rings. The zero-order valence-corrected chi connectivity index (χ0v) is 15.5. The fraction of sp³-hybridized carbons (Fsp3) is 0.150. The smallest absolute Gasteiger partial charge is 0.256 e. The van der Waals surface area contributed by atoms with Gasteiger partial charge >= 0.3 is 0 Å². The van der Waals surface area contributed by atoms with Gasteiger partial charge < -0.3 is 14.9 Å². The number of hydrogen-bond acceptors (Lipinski definition) is 5. The maximum Gasteiger partial charge on any atom is 0.256 e. The lowest BCUT2D eigenvalue weighted by molar-refractivity contribution is 0.102. The van der Waals surface area contributed by atoms with Crippen LogP contribution in [0.5, 0.6) is 0 Å². The first kappa shape index (κ1) is 17.6. The largest absolute Gasteiger partial charge is 0.345 e. The zero-order chi connectivity index (χ0) is 19.5. The fourth-order valence-electron chi connectivity index (χ4n) is 2.85. The molecule has 8 nitrogen and oxygen atoms in total. The molecule has 4 rings (SSSR count). The first-order valence-electron chi connectivity index (χ1n) is 8.90. The predicted octanol–water partition coefficient (Wildman–Crippen LogP) is 3.56. The van der Waals surface area contributed by atoms with Crippen LogP contribution >= 0.6 is 0 Å². The number of carbonyl (C=O) groups excluding carboxylic acids is 1. The van der Waals surface area contributed by atoms with Gasteiger partial charge in [-0.2, -0.15) is 0 Å². The van der Waals surface area contributed by atoms with Gasteiger partial charge in [-0.3, -0.25) is 4.79 Å². The van der Waals surface area contributed by atoms with Gasteiger partial charge in [0.2, 0.25) is 0 Å². The van der Waals surface area contributed by atoms with Crippen molar-refractivity contribution in [3.05, 3.63) is 66.7 Å². The second kappa shape index (κ2) is 7.43. The number of pyridine rings is 1. The van der Waals surface area contributed by atoms with Crippen LogP contribution in [0.15, 0.2) is 61.2 Å². The van der Waals surface area contributed by atoms with Gasteiger partial charge in [-0.25, -0.2) is 9.97 Å². The van der Waals surface area contributed by atoms with Crippen molar-refractivity contribution >= 4 is 11.7 Å². The number of nitrogens with zero attached hydrogens (tertiary/aromatic N) is 5. The molecular weight excluding hydrogens is 354 g/mol. The monoisotopic (exact) mass is 373 g/mol. The van der Waals surface area contributed by atoms with E-state index in [2.05, 4.69) is 30.5 Å². The molecule has 2 N–H and O–H groups in total. The van der Waals surface area contributed by atoms with Gasteiger partial charge in [-0.05, 0) is 38.1 Å². The third-order valence-electron chi connectivity index (χ3n) is 4.25. The van der Waals surface area contributed by atoms with Crippen LogP contribution in [0.4, 0.5) is 5.82 Å². The van der Waals surface area contributed by atoms with E-state index >= 15 is 0 Å². The number of rotatable bonds is 5. The van der Waals surface area contributed by atoms with Crippen LogP contribution in [0.2, 0.25) is 0 Å². The SMILES string of the molecule is CC(C)n1cnnc1-c1cccc(NC(=O)c2cccc(-c3ncc[nH]3)c2)n1. The van der Waals surface area contributed by atoms with E-state index in [1.54, 1.807) is 36.9 Å². The summed E-state index contributed by atoms with van der Waals surface area (Å²) in [5, 5.41) is 11.0. The fourth-order valence-corrected chi connectivity index (χ4v) is 2.85. The highest BCUT2D eigenvalue weighted by molar-refractivity contribution is 6.04. The molecule has 0 aliphatic heterocycles. The second-order valence-electron chi connectivity index (χ2n) is 6.54. The van der Waals surface area contributed by atoms with Gasteiger partial charge in [0, 0.05) is 29.6 Å². The first-order valence-corrected chi connectivity index (χ1v) is 8.90. The highest BCUT2D eigenvalue weighted by Crippen LogP contribution is 2.21. The lowest BCUT2D eigenvalue weighted by Crippen LogP contribution is -2.13. The number of carbonyl (C=O) groups is 1. The molecule has 0 spiro atoms. The molecule has 140 valence electrons. The van der Waals surface area contributed by atoms with E-state index in [1.165, 1.54) is 0 Å². The van der Waals surface area contributed by atoms with Crippen LogP contribution in [0, 0.1) is 0 Å². The number of hydrogen-bond donors (Lipinski definition) is 2. The topological polar surface area (TPSA) is 101 Å². The number of nitrogens with one attached hydrogen (secondary N) is 2. The lowest BCUT2D eigenvalue weighted by atomic mass is 10.1. The molecule has 3 aromatic heterocycles. The third kappa shape index (κ3) is 3.52. The summed E-state index contributed by atoms with van der Waals surface area (Å²) in [6.45, 7) is 4.09. The van der Waals surface area contributed by atoms with Gasteiger partial charge in [-0.1, -0.05) is 18.2 Å². The molecule has 0 bridgehead atoms. The molecule has 1 aromatic carbocycles. The van der Waals surface area contributed by atoms with Crippen molar-refractivity contribution in [3.63, 3.8) is 0 Å². The summed E-state index contributed by atoms with van der Waals surface area (Å²) in [5.41, 5.74) is 2.00. The van der Waals surface area contributed by atoms with Crippen LogP contribution in [0.1, 0.15) is 30.2 Å². The Kier molecular flexibility index (Phi) is 4.67. The molecule has 0 saturated carbocycles. The summed E-state index contributed by atoms with van der Waals surface area (Å²) >= 11 is 0. The average Bonchev–Trinajstić information content (AvgIpc) is 3.40. The Morgan fingerprint density at radius 2 is 2.04 bits per heavy atom. The number of H-pyrrole nitrogens is 1. The number of amides is 1. The van der Waals surface area contributed by atoms with E-state index in [1.807, 2.05) is 42.7 Å². The highest BCUT2D eigenvalue weighted by atomic mass is 16.1. The minimum atomic E-state index is -0.247. The Labute approximate surface area is 161 Å². The Morgan fingerprint density at radius 3 is 2.82 bits per heavy atom. The predicted molar refractivity (Wildman–Crippen MR) is 106 cm³/mol. The van der Waals surface area contributed by atoms with Gasteiger partial charge in [0.25, 0.3) is 5.91 Å². The van der Waals surface area contributed by atoms with Crippen LogP contribution in [0.25, 0.3) is 22.9 Å². The quantitative estimate of drug-likeness (QED) is 0.557. The van der Waals surface area contributed by atoms with E-state index in [0.29, 0.717) is 28.7 Å².